The number of para-hydroxylation sites is 1. The fraction of sp³-hybridized carbons (Fsp3) is 0.200. The molecule has 2 N–H and O–H groups in total. The third kappa shape index (κ3) is 2.18. The van der Waals surface area contributed by atoms with Gasteiger partial charge in [-0.2, -0.15) is 5.26 Å². The van der Waals surface area contributed by atoms with Crippen molar-refractivity contribution >= 4 is 22.2 Å². The Bertz CT molecular complexity index is 1190. The Morgan fingerprint density at radius 1 is 1.31 bits per heavy atom. The van der Waals surface area contributed by atoms with E-state index in [9.17, 15) is 10.1 Å². The van der Waals surface area contributed by atoms with E-state index >= 15 is 0 Å². The van der Waals surface area contributed by atoms with E-state index in [1.54, 1.807) is 23.0 Å². The third-order valence-corrected chi connectivity index (χ3v) is 5.84. The highest BCUT2D eigenvalue weighted by molar-refractivity contribution is 7.12. The van der Waals surface area contributed by atoms with E-state index in [1.165, 1.54) is 0 Å². The van der Waals surface area contributed by atoms with Crippen LogP contribution in [-0.2, 0) is 7.05 Å². The number of nitriles is 1. The molecule has 1 aromatic carbocycles. The molecule has 0 saturated heterocycles. The predicted octanol–water partition coefficient (Wildman–Crippen LogP) is 3.44. The van der Waals surface area contributed by atoms with Gasteiger partial charge in [0.15, 0.2) is 0 Å². The summed E-state index contributed by atoms with van der Waals surface area (Å²) in [6, 6.07) is 11.7. The molecule has 0 bridgehead atoms. The maximum atomic E-state index is 13.2. The zero-order valence-electron chi connectivity index (χ0n) is 14.7. The van der Waals surface area contributed by atoms with Crippen molar-refractivity contribution in [2.75, 3.05) is 0 Å². The SMILES string of the molecule is Cc1cc([C@@H]2C(C#N)=C(N)Oc3c2c(=O)n(C)c2ccccc32)c(C)s1. The molecule has 130 valence electrons. The number of ether oxygens (including phenoxy) is 1. The van der Waals surface area contributed by atoms with Crippen LogP contribution in [0.1, 0.15) is 26.8 Å². The largest absolute Gasteiger partial charge is 0.439 e. The van der Waals surface area contributed by atoms with Gasteiger partial charge in [-0.1, -0.05) is 12.1 Å². The molecule has 1 aliphatic heterocycles. The molecule has 26 heavy (non-hydrogen) atoms. The molecule has 2 aromatic heterocycles. The van der Waals surface area contributed by atoms with E-state index in [0.717, 1.165) is 26.2 Å². The molecule has 6 heteroatoms. The number of thiophene rings is 1. The molecule has 3 aromatic rings. The molecule has 1 aliphatic rings. The quantitative estimate of drug-likeness (QED) is 0.718. The summed E-state index contributed by atoms with van der Waals surface area (Å²) in [5.74, 6) is -0.00267. The van der Waals surface area contributed by atoms with Crippen molar-refractivity contribution in [1.82, 2.24) is 4.57 Å². The highest BCUT2D eigenvalue weighted by Gasteiger charge is 2.36. The summed E-state index contributed by atoms with van der Waals surface area (Å²) in [7, 11) is 1.74. The molecular weight excluding hydrogens is 346 g/mol. The number of nitrogens with zero attached hydrogens (tertiary/aromatic N) is 2. The van der Waals surface area contributed by atoms with Crippen LogP contribution in [0.25, 0.3) is 10.9 Å². The van der Waals surface area contributed by atoms with Crippen molar-refractivity contribution in [3.05, 3.63) is 73.0 Å². The van der Waals surface area contributed by atoms with Crippen LogP contribution in [0.5, 0.6) is 5.75 Å². The van der Waals surface area contributed by atoms with Gasteiger partial charge in [-0.15, -0.1) is 11.3 Å². The number of allylic oxidation sites excluding steroid dienone is 1. The van der Waals surface area contributed by atoms with Gasteiger partial charge in [0.05, 0.1) is 17.0 Å². The van der Waals surface area contributed by atoms with Gasteiger partial charge < -0.3 is 15.0 Å². The van der Waals surface area contributed by atoms with Gasteiger partial charge in [0.25, 0.3) is 5.56 Å². The molecule has 1 atom stereocenters. The van der Waals surface area contributed by atoms with Crippen molar-refractivity contribution in [2.24, 2.45) is 12.8 Å². The molecule has 0 fully saturated rings. The van der Waals surface area contributed by atoms with Crippen LogP contribution in [-0.4, -0.2) is 4.57 Å². The first-order chi connectivity index (χ1) is 12.4. The van der Waals surface area contributed by atoms with Crippen LogP contribution in [0.15, 0.2) is 46.6 Å². The van der Waals surface area contributed by atoms with Crippen molar-refractivity contribution < 1.29 is 4.74 Å². The Morgan fingerprint density at radius 3 is 2.69 bits per heavy atom. The van der Waals surface area contributed by atoms with Gasteiger partial charge in [0.1, 0.15) is 17.4 Å². The average Bonchev–Trinajstić information content (AvgIpc) is 2.96. The fourth-order valence-corrected chi connectivity index (χ4v) is 4.64. The third-order valence-electron chi connectivity index (χ3n) is 4.86. The maximum Gasteiger partial charge on any atom is 0.258 e. The van der Waals surface area contributed by atoms with E-state index in [-0.39, 0.29) is 17.0 Å². The Hall–Kier alpha value is -3.04. The number of benzene rings is 1. The summed E-state index contributed by atoms with van der Waals surface area (Å²) < 4.78 is 7.41. The molecule has 5 nitrogen and oxygen atoms in total. The fourth-order valence-electron chi connectivity index (χ4n) is 3.67. The molecular formula is C20H17N3O2S. The van der Waals surface area contributed by atoms with Crippen LogP contribution in [0.4, 0.5) is 0 Å². The van der Waals surface area contributed by atoms with E-state index in [0.29, 0.717) is 11.3 Å². The van der Waals surface area contributed by atoms with Crippen LogP contribution in [0.2, 0.25) is 0 Å². The number of pyridine rings is 1. The smallest absolute Gasteiger partial charge is 0.258 e. The van der Waals surface area contributed by atoms with Gasteiger partial charge >= 0.3 is 0 Å². The number of hydrogen-bond acceptors (Lipinski definition) is 5. The lowest BCUT2D eigenvalue weighted by molar-refractivity contribution is 0.396. The van der Waals surface area contributed by atoms with Gasteiger partial charge in [-0.05, 0) is 37.6 Å². The molecule has 0 unspecified atom stereocenters. The first-order valence-electron chi connectivity index (χ1n) is 8.20. The minimum Gasteiger partial charge on any atom is -0.439 e. The van der Waals surface area contributed by atoms with E-state index < -0.39 is 5.92 Å². The Labute approximate surface area is 154 Å². The lowest BCUT2D eigenvalue weighted by Gasteiger charge is -2.27. The highest BCUT2D eigenvalue weighted by Crippen LogP contribution is 2.45. The van der Waals surface area contributed by atoms with Gasteiger partial charge in [0, 0.05) is 22.2 Å². The lowest BCUT2D eigenvalue weighted by Crippen LogP contribution is -2.31. The number of aromatic nitrogens is 1. The zero-order chi connectivity index (χ0) is 18.6. The van der Waals surface area contributed by atoms with Crippen LogP contribution >= 0.6 is 11.3 Å². The Morgan fingerprint density at radius 2 is 2.04 bits per heavy atom. The molecule has 0 radical (unpaired) electrons. The van der Waals surface area contributed by atoms with Crippen LogP contribution < -0.4 is 16.0 Å². The molecule has 0 aliphatic carbocycles. The van der Waals surface area contributed by atoms with Crippen molar-refractivity contribution in [3.8, 4) is 11.8 Å². The molecule has 3 heterocycles. The molecule has 0 saturated carbocycles. The highest BCUT2D eigenvalue weighted by atomic mass is 32.1. The summed E-state index contributed by atoms with van der Waals surface area (Å²) in [5.41, 5.74) is 8.38. The molecule has 4 rings (SSSR count). The zero-order valence-corrected chi connectivity index (χ0v) is 15.5. The summed E-state index contributed by atoms with van der Waals surface area (Å²) >= 11 is 1.64. The monoisotopic (exact) mass is 363 g/mol. The van der Waals surface area contributed by atoms with E-state index in [1.807, 2.05) is 44.2 Å². The minimum absolute atomic E-state index is 0.0617. The van der Waals surface area contributed by atoms with Crippen LogP contribution in [0.3, 0.4) is 0 Å². The first-order valence-corrected chi connectivity index (χ1v) is 9.01. The number of hydrogen-bond donors (Lipinski definition) is 1. The topological polar surface area (TPSA) is 81.0 Å². The molecule has 0 spiro atoms. The normalized spacial score (nSPS) is 16.3. The summed E-state index contributed by atoms with van der Waals surface area (Å²) in [4.78, 5) is 15.4. The van der Waals surface area contributed by atoms with Crippen LogP contribution in [0, 0.1) is 25.2 Å². The maximum absolute atomic E-state index is 13.2. The van der Waals surface area contributed by atoms with Gasteiger partial charge in [0.2, 0.25) is 5.88 Å². The second-order valence-corrected chi connectivity index (χ2v) is 7.88. The van der Waals surface area contributed by atoms with Gasteiger partial charge in [-0.3, -0.25) is 4.79 Å². The molecule has 0 amide bonds. The van der Waals surface area contributed by atoms with E-state index in [2.05, 4.69) is 6.07 Å². The summed E-state index contributed by atoms with van der Waals surface area (Å²) in [6.07, 6.45) is 0. The summed E-state index contributed by atoms with van der Waals surface area (Å²) in [5, 5.41) is 10.5. The minimum atomic E-state index is -0.517. The lowest BCUT2D eigenvalue weighted by atomic mass is 9.83. The second-order valence-electron chi connectivity index (χ2n) is 6.42. The number of nitrogens with two attached hydrogens (primary N) is 1. The van der Waals surface area contributed by atoms with Crippen molar-refractivity contribution in [3.63, 3.8) is 0 Å². The Kier molecular flexibility index (Phi) is 3.63. The number of aryl methyl sites for hydroxylation is 3. The first kappa shape index (κ1) is 16.4. The van der Waals surface area contributed by atoms with Gasteiger partial charge in [-0.25, -0.2) is 0 Å². The second kappa shape index (κ2) is 5.75. The van der Waals surface area contributed by atoms with E-state index in [4.69, 9.17) is 10.5 Å². The van der Waals surface area contributed by atoms with Crippen molar-refractivity contribution in [1.29, 1.82) is 5.26 Å². The summed E-state index contributed by atoms with van der Waals surface area (Å²) in [6.45, 7) is 4.01. The average molecular weight is 363 g/mol. The standard InChI is InChI=1S/C20H17N3O2S/c1-10-8-13(11(2)26-10)16-14(9-21)19(22)25-18-12-6-4-5-7-15(12)23(3)20(24)17(16)18/h4-8,16H,22H2,1-3H3/t16-/m1/s1. The Balaban J connectivity index is 2.16. The predicted molar refractivity (Wildman–Crippen MR) is 102 cm³/mol. The number of fused-ring (bicyclic) bond motifs is 3. The number of rotatable bonds is 1. The van der Waals surface area contributed by atoms with Crippen molar-refractivity contribution in [2.45, 2.75) is 19.8 Å².